The highest BCUT2D eigenvalue weighted by molar-refractivity contribution is 5.92. The summed E-state index contributed by atoms with van der Waals surface area (Å²) in [4.78, 5) is 11.2. The molecule has 0 fully saturated rings. The van der Waals surface area contributed by atoms with E-state index in [4.69, 9.17) is 5.11 Å². The van der Waals surface area contributed by atoms with Gasteiger partial charge in [-0.05, 0) is 59.9 Å². The molecule has 0 bridgehead atoms. The molecule has 0 saturated heterocycles. The van der Waals surface area contributed by atoms with Gasteiger partial charge in [0.25, 0.3) is 0 Å². The van der Waals surface area contributed by atoms with Gasteiger partial charge in [-0.1, -0.05) is 12.1 Å². The van der Waals surface area contributed by atoms with Crippen molar-refractivity contribution in [2.75, 3.05) is 0 Å². The Bertz CT molecular complexity index is 847. The molecule has 0 unspecified atom stereocenters. The number of allylic oxidation sites excluding steroid dienone is 1. The normalized spacial score (nSPS) is 13.0. The fraction of sp³-hybridized carbons (Fsp3) is 0.111. The van der Waals surface area contributed by atoms with Crippen molar-refractivity contribution in [2.24, 2.45) is 0 Å². The lowest BCUT2D eigenvalue weighted by Gasteiger charge is -2.19. The Kier molecular flexibility index (Phi) is 3.48. The predicted octanol–water partition coefficient (Wildman–Crippen LogP) is 3.77. The molecule has 4 heteroatoms. The number of rotatable bonds is 2. The fourth-order valence-corrected chi connectivity index (χ4v) is 2.75. The molecule has 0 atom stereocenters. The van der Waals surface area contributed by atoms with Crippen LogP contribution in [0.4, 0.5) is 4.39 Å². The Morgan fingerprint density at radius 2 is 2.00 bits per heavy atom. The van der Waals surface area contributed by atoms with Crippen LogP contribution in [0.25, 0.3) is 5.57 Å². The summed E-state index contributed by atoms with van der Waals surface area (Å²) in [6.45, 7) is 0. The van der Waals surface area contributed by atoms with Gasteiger partial charge in [-0.25, -0.2) is 9.18 Å². The molecule has 0 amide bonds. The molecule has 0 spiro atoms. The van der Waals surface area contributed by atoms with Crippen LogP contribution in [0.1, 0.15) is 39.0 Å². The summed E-state index contributed by atoms with van der Waals surface area (Å²) in [5.41, 5.74) is 3.55. The van der Waals surface area contributed by atoms with Crippen LogP contribution in [0.2, 0.25) is 0 Å². The maximum absolute atomic E-state index is 13.6. The molecule has 0 aliphatic heterocycles. The number of aryl methyl sites for hydroxylation is 1. The van der Waals surface area contributed by atoms with Crippen molar-refractivity contribution in [3.05, 3.63) is 76.1 Å². The Morgan fingerprint density at radius 1 is 1.18 bits per heavy atom. The Hall–Kier alpha value is -2.93. The van der Waals surface area contributed by atoms with Crippen LogP contribution < -0.4 is 0 Å². The van der Waals surface area contributed by atoms with E-state index in [9.17, 15) is 14.4 Å². The zero-order chi connectivity index (χ0) is 15.7. The van der Waals surface area contributed by atoms with Crippen LogP contribution in [-0.2, 0) is 6.42 Å². The van der Waals surface area contributed by atoms with Crippen LogP contribution in [-0.4, -0.2) is 11.1 Å². The third kappa shape index (κ3) is 2.38. The highest BCUT2D eigenvalue weighted by atomic mass is 19.1. The zero-order valence-electron chi connectivity index (χ0n) is 11.6. The van der Waals surface area contributed by atoms with Gasteiger partial charge in [0, 0.05) is 5.56 Å². The molecule has 3 nitrogen and oxygen atoms in total. The zero-order valence-corrected chi connectivity index (χ0v) is 11.6. The molecule has 108 valence electrons. The molecule has 0 aromatic heterocycles. The summed E-state index contributed by atoms with van der Waals surface area (Å²) in [6.07, 6.45) is 3.51. The second-order valence-corrected chi connectivity index (χ2v) is 5.14. The lowest BCUT2D eigenvalue weighted by atomic mass is 9.84. The van der Waals surface area contributed by atoms with Crippen LogP contribution in [0, 0.1) is 17.1 Å². The lowest BCUT2D eigenvalue weighted by Crippen LogP contribution is -2.06. The summed E-state index contributed by atoms with van der Waals surface area (Å²) < 4.78 is 13.6. The molecule has 2 aromatic carbocycles. The van der Waals surface area contributed by atoms with Crippen molar-refractivity contribution in [1.29, 1.82) is 5.26 Å². The monoisotopic (exact) mass is 293 g/mol. The highest BCUT2D eigenvalue weighted by Crippen LogP contribution is 2.34. The van der Waals surface area contributed by atoms with Crippen molar-refractivity contribution in [1.82, 2.24) is 0 Å². The van der Waals surface area contributed by atoms with Crippen molar-refractivity contribution >= 4 is 11.5 Å². The fourth-order valence-electron chi connectivity index (χ4n) is 2.75. The van der Waals surface area contributed by atoms with E-state index >= 15 is 0 Å². The van der Waals surface area contributed by atoms with Gasteiger partial charge in [-0.2, -0.15) is 5.26 Å². The first kappa shape index (κ1) is 14.0. The van der Waals surface area contributed by atoms with Crippen molar-refractivity contribution in [3.8, 4) is 6.07 Å². The van der Waals surface area contributed by atoms with Gasteiger partial charge in [-0.15, -0.1) is 0 Å². The Morgan fingerprint density at radius 3 is 2.73 bits per heavy atom. The first-order valence-corrected chi connectivity index (χ1v) is 6.87. The van der Waals surface area contributed by atoms with E-state index < -0.39 is 11.8 Å². The minimum absolute atomic E-state index is 0.182. The average molecular weight is 293 g/mol. The van der Waals surface area contributed by atoms with Crippen LogP contribution in [0.5, 0.6) is 0 Å². The molecule has 1 N–H and O–H groups in total. The van der Waals surface area contributed by atoms with Gasteiger partial charge in [0.15, 0.2) is 0 Å². The molecule has 1 aliphatic rings. The maximum Gasteiger partial charge on any atom is 0.335 e. The van der Waals surface area contributed by atoms with E-state index in [1.807, 2.05) is 6.08 Å². The van der Waals surface area contributed by atoms with E-state index in [0.29, 0.717) is 11.1 Å². The van der Waals surface area contributed by atoms with Crippen molar-refractivity contribution in [3.63, 3.8) is 0 Å². The molecule has 0 saturated carbocycles. The van der Waals surface area contributed by atoms with Gasteiger partial charge in [0.2, 0.25) is 0 Å². The third-order valence-corrected chi connectivity index (χ3v) is 3.80. The SMILES string of the molecule is N#Cc1ccc(F)cc1C1=CCCc2ccc(C(=O)O)cc21. The number of fused-ring (bicyclic) bond motifs is 1. The van der Waals surface area contributed by atoms with E-state index in [2.05, 4.69) is 6.07 Å². The maximum atomic E-state index is 13.6. The van der Waals surface area contributed by atoms with Gasteiger partial charge in [0.1, 0.15) is 5.82 Å². The number of hydrogen-bond donors (Lipinski definition) is 1. The molecular weight excluding hydrogens is 281 g/mol. The first-order chi connectivity index (χ1) is 10.6. The number of benzene rings is 2. The minimum atomic E-state index is -1.01. The van der Waals surface area contributed by atoms with Gasteiger partial charge >= 0.3 is 5.97 Å². The van der Waals surface area contributed by atoms with Crippen molar-refractivity contribution in [2.45, 2.75) is 12.8 Å². The number of halogens is 1. The molecule has 0 heterocycles. The topological polar surface area (TPSA) is 61.1 Å². The van der Waals surface area contributed by atoms with E-state index in [1.165, 1.54) is 18.2 Å². The number of carboxylic acid groups (broad SMARTS) is 1. The quantitative estimate of drug-likeness (QED) is 0.916. The molecule has 2 aromatic rings. The summed E-state index contributed by atoms with van der Waals surface area (Å²) in [5, 5.41) is 18.4. The molecule has 22 heavy (non-hydrogen) atoms. The van der Waals surface area contributed by atoms with E-state index in [0.717, 1.165) is 29.5 Å². The number of nitriles is 1. The average Bonchev–Trinajstić information content (AvgIpc) is 2.53. The van der Waals surface area contributed by atoms with Crippen LogP contribution in [0.3, 0.4) is 0 Å². The molecule has 1 aliphatic carbocycles. The Labute approximate surface area is 126 Å². The predicted molar refractivity (Wildman–Crippen MR) is 79.9 cm³/mol. The lowest BCUT2D eigenvalue weighted by molar-refractivity contribution is 0.0697. The summed E-state index contributed by atoms with van der Waals surface area (Å²) in [7, 11) is 0. The van der Waals surface area contributed by atoms with Gasteiger partial charge < -0.3 is 5.11 Å². The number of hydrogen-bond acceptors (Lipinski definition) is 2. The molecular formula is C18H12FNO2. The third-order valence-electron chi connectivity index (χ3n) is 3.80. The van der Waals surface area contributed by atoms with E-state index in [-0.39, 0.29) is 5.56 Å². The summed E-state index contributed by atoms with van der Waals surface area (Å²) in [5.74, 6) is -1.43. The first-order valence-electron chi connectivity index (χ1n) is 6.87. The van der Waals surface area contributed by atoms with Crippen molar-refractivity contribution < 1.29 is 14.3 Å². The Balaban J connectivity index is 2.21. The number of carbonyl (C=O) groups is 1. The standard InChI is InChI=1S/C18H12FNO2/c19-14-7-6-13(10-20)17(9-14)15-3-1-2-11-4-5-12(18(21)22)8-16(11)15/h3-9H,1-2H2,(H,21,22). The number of aromatic carboxylic acids is 1. The van der Waals surface area contributed by atoms with Gasteiger partial charge in [-0.3, -0.25) is 0 Å². The largest absolute Gasteiger partial charge is 0.478 e. The van der Waals surface area contributed by atoms with Crippen LogP contribution >= 0.6 is 0 Å². The minimum Gasteiger partial charge on any atom is -0.478 e. The summed E-state index contributed by atoms with van der Waals surface area (Å²) in [6, 6.07) is 11.0. The summed E-state index contributed by atoms with van der Waals surface area (Å²) >= 11 is 0. The highest BCUT2D eigenvalue weighted by Gasteiger charge is 2.19. The van der Waals surface area contributed by atoms with Gasteiger partial charge in [0.05, 0.1) is 17.2 Å². The second-order valence-electron chi connectivity index (χ2n) is 5.14. The smallest absolute Gasteiger partial charge is 0.335 e. The second kappa shape index (κ2) is 5.45. The molecule has 3 rings (SSSR count). The van der Waals surface area contributed by atoms with Crippen LogP contribution in [0.15, 0.2) is 42.5 Å². The number of nitrogens with zero attached hydrogens (tertiary/aromatic N) is 1. The molecule has 0 radical (unpaired) electrons. The van der Waals surface area contributed by atoms with E-state index in [1.54, 1.807) is 18.2 Å². The number of carboxylic acids is 1.